The van der Waals surface area contributed by atoms with E-state index in [-0.39, 0.29) is 5.91 Å². The average Bonchev–Trinajstić information content (AvgIpc) is 3.03. The molecule has 3 aromatic rings. The molecule has 3 aromatic heterocycles. The van der Waals surface area contributed by atoms with Crippen molar-refractivity contribution in [1.82, 2.24) is 14.4 Å². The van der Waals surface area contributed by atoms with Crippen LogP contribution in [0.5, 0.6) is 0 Å². The first-order valence-electron chi connectivity index (χ1n) is 9.19. The third-order valence-electron chi connectivity index (χ3n) is 5.17. The number of anilines is 3. The second-order valence-corrected chi connectivity index (χ2v) is 7.41. The maximum absolute atomic E-state index is 13.0. The van der Waals surface area contributed by atoms with Crippen LogP contribution in [0, 0.1) is 5.92 Å². The molecule has 0 aliphatic carbocycles. The van der Waals surface area contributed by atoms with Gasteiger partial charge in [-0.2, -0.15) is 0 Å². The summed E-state index contributed by atoms with van der Waals surface area (Å²) >= 11 is 5.97. The van der Waals surface area contributed by atoms with E-state index in [0.29, 0.717) is 40.1 Å². The van der Waals surface area contributed by atoms with E-state index in [1.807, 2.05) is 6.07 Å². The van der Waals surface area contributed by atoms with Gasteiger partial charge in [0.15, 0.2) is 5.65 Å². The lowest BCUT2D eigenvalue weighted by atomic mass is 9.97. The van der Waals surface area contributed by atoms with Crippen molar-refractivity contribution in [2.24, 2.45) is 11.7 Å². The van der Waals surface area contributed by atoms with Gasteiger partial charge >= 0.3 is 0 Å². The van der Waals surface area contributed by atoms with Gasteiger partial charge in [0.05, 0.1) is 28.3 Å². The molecule has 0 spiro atoms. The summed E-state index contributed by atoms with van der Waals surface area (Å²) < 4.78 is 1.65. The highest BCUT2D eigenvalue weighted by molar-refractivity contribution is 6.30. The molecule has 8 nitrogen and oxygen atoms in total. The average molecular weight is 400 g/mol. The Kier molecular flexibility index (Phi) is 5.06. The molecule has 4 rings (SSSR count). The Morgan fingerprint density at radius 3 is 2.82 bits per heavy atom. The number of aromatic nitrogens is 3. The molecule has 1 aliphatic rings. The molecule has 1 fully saturated rings. The van der Waals surface area contributed by atoms with Crippen molar-refractivity contribution in [3.05, 3.63) is 47.6 Å². The minimum Gasteiger partial charge on any atom is -0.397 e. The summed E-state index contributed by atoms with van der Waals surface area (Å²) in [5.74, 6) is 0.224. The van der Waals surface area contributed by atoms with Crippen molar-refractivity contribution >= 4 is 40.2 Å². The number of hydrogen-bond donors (Lipinski definition) is 3. The first kappa shape index (κ1) is 18.5. The van der Waals surface area contributed by atoms with E-state index >= 15 is 0 Å². The lowest BCUT2D eigenvalue weighted by molar-refractivity contribution is 0.102. The Hall–Kier alpha value is -2.84. The predicted molar refractivity (Wildman–Crippen MR) is 111 cm³/mol. The van der Waals surface area contributed by atoms with E-state index in [1.54, 1.807) is 29.2 Å². The van der Waals surface area contributed by atoms with Gasteiger partial charge in [-0.25, -0.2) is 4.98 Å². The third-order valence-corrected chi connectivity index (χ3v) is 5.36. The van der Waals surface area contributed by atoms with Crippen LogP contribution in [-0.4, -0.2) is 39.9 Å². The topological polar surface area (TPSA) is 115 Å². The number of fused-ring (bicyclic) bond motifs is 1. The van der Waals surface area contributed by atoms with Crippen LogP contribution in [0.1, 0.15) is 23.2 Å². The highest BCUT2D eigenvalue weighted by Crippen LogP contribution is 2.30. The molecular formula is C19H22ClN7O. The molecule has 4 heterocycles. The molecule has 1 amide bonds. The molecule has 146 valence electrons. The molecule has 28 heavy (non-hydrogen) atoms. The fourth-order valence-electron chi connectivity index (χ4n) is 3.64. The summed E-state index contributed by atoms with van der Waals surface area (Å²) in [5, 5.41) is 3.41. The number of amides is 1. The van der Waals surface area contributed by atoms with Gasteiger partial charge in [-0.15, -0.1) is 0 Å². The number of nitrogens with one attached hydrogen (secondary N) is 1. The molecule has 0 unspecified atom stereocenters. The van der Waals surface area contributed by atoms with Crippen LogP contribution in [0.4, 0.5) is 17.1 Å². The van der Waals surface area contributed by atoms with Gasteiger partial charge in [0.25, 0.3) is 5.91 Å². The zero-order chi connectivity index (χ0) is 19.7. The molecule has 9 heteroatoms. The summed E-state index contributed by atoms with van der Waals surface area (Å²) in [6, 6.07) is 1.91. The SMILES string of the molecule is NCC1CCN(c2ccncc2NC(=O)c2c(N)cn3cc(Cl)cnc23)CC1. The summed E-state index contributed by atoms with van der Waals surface area (Å²) in [4.78, 5) is 23.7. The van der Waals surface area contributed by atoms with Crippen molar-refractivity contribution in [1.29, 1.82) is 0 Å². The fraction of sp³-hybridized carbons (Fsp3) is 0.316. The quantitative estimate of drug-likeness (QED) is 0.620. The molecular weight excluding hydrogens is 378 g/mol. The summed E-state index contributed by atoms with van der Waals surface area (Å²) in [7, 11) is 0. The van der Waals surface area contributed by atoms with E-state index in [0.717, 1.165) is 31.6 Å². The summed E-state index contributed by atoms with van der Waals surface area (Å²) in [6.07, 6.45) is 10.2. The number of pyridine rings is 1. The second-order valence-electron chi connectivity index (χ2n) is 6.98. The zero-order valence-corrected chi connectivity index (χ0v) is 16.1. The van der Waals surface area contributed by atoms with Gasteiger partial charge < -0.3 is 26.1 Å². The van der Waals surface area contributed by atoms with Crippen LogP contribution in [0.25, 0.3) is 5.65 Å². The van der Waals surface area contributed by atoms with Gasteiger partial charge in [0.2, 0.25) is 0 Å². The van der Waals surface area contributed by atoms with Crippen LogP contribution >= 0.6 is 11.6 Å². The molecule has 5 N–H and O–H groups in total. The van der Waals surface area contributed by atoms with Gasteiger partial charge in [-0.3, -0.25) is 9.78 Å². The molecule has 0 bridgehead atoms. The van der Waals surface area contributed by atoms with Crippen molar-refractivity contribution in [2.75, 3.05) is 35.6 Å². The Labute approximate surface area is 167 Å². The van der Waals surface area contributed by atoms with Crippen LogP contribution in [0.3, 0.4) is 0 Å². The Morgan fingerprint density at radius 2 is 2.07 bits per heavy atom. The van der Waals surface area contributed by atoms with Crippen LogP contribution in [0.2, 0.25) is 5.02 Å². The number of halogens is 1. The van der Waals surface area contributed by atoms with Crippen molar-refractivity contribution in [3.8, 4) is 0 Å². The van der Waals surface area contributed by atoms with Crippen molar-refractivity contribution < 1.29 is 4.79 Å². The molecule has 1 aliphatic heterocycles. The fourth-order valence-corrected chi connectivity index (χ4v) is 3.79. The van der Waals surface area contributed by atoms with Gasteiger partial charge in [0, 0.05) is 37.9 Å². The number of nitrogens with two attached hydrogens (primary N) is 2. The third kappa shape index (κ3) is 3.48. The molecule has 0 radical (unpaired) electrons. The first-order valence-corrected chi connectivity index (χ1v) is 9.56. The Balaban J connectivity index is 1.60. The number of hydrogen-bond acceptors (Lipinski definition) is 6. The number of piperidine rings is 1. The molecule has 0 aromatic carbocycles. The van der Waals surface area contributed by atoms with Gasteiger partial charge in [-0.1, -0.05) is 11.6 Å². The van der Waals surface area contributed by atoms with Gasteiger partial charge in [-0.05, 0) is 31.4 Å². The lowest BCUT2D eigenvalue weighted by Crippen LogP contribution is -2.36. The van der Waals surface area contributed by atoms with E-state index in [1.165, 1.54) is 6.20 Å². The van der Waals surface area contributed by atoms with E-state index in [9.17, 15) is 4.79 Å². The summed E-state index contributed by atoms with van der Waals surface area (Å²) in [6.45, 7) is 2.50. The Morgan fingerprint density at radius 1 is 1.29 bits per heavy atom. The normalized spacial score (nSPS) is 15.1. The minimum absolute atomic E-state index is 0.313. The highest BCUT2D eigenvalue weighted by Gasteiger charge is 2.23. The molecule has 0 atom stereocenters. The number of nitrogens with zero attached hydrogens (tertiary/aromatic N) is 4. The van der Waals surface area contributed by atoms with Gasteiger partial charge in [0.1, 0.15) is 5.56 Å². The predicted octanol–water partition coefficient (Wildman–Crippen LogP) is 2.39. The van der Waals surface area contributed by atoms with E-state index in [4.69, 9.17) is 23.1 Å². The smallest absolute Gasteiger partial charge is 0.261 e. The number of rotatable bonds is 4. The van der Waals surface area contributed by atoms with Crippen molar-refractivity contribution in [2.45, 2.75) is 12.8 Å². The molecule has 0 saturated carbocycles. The van der Waals surface area contributed by atoms with Crippen LogP contribution in [0.15, 0.2) is 37.1 Å². The van der Waals surface area contributed by atoms with E-state index < -0.39 is 0 Å². The summed E-state index contributed by atoms with van der Waals surface area (Å²) in [5.41, 5.74) is 14.5. The van der Waals surface area contributed by atoms with Crippen LogP contribution < -0.4 is 21.7 Å². The lowest BCUT2D eigenvalue weighted by Gasteiger charge is -2.34. The van der Waals surface area contributed by atoms with Crippen LogP contribution in [-0.2, 0) is 0 Å². The second kappa shape index (κ2) is 7.65. The minimum atomic E-state index is -0.332. The monoisotopic (exact) mass is 399 g/mol. The molecule has 1 saturated heterocycles. The Bertz CT molecular complexity index is 1010. The highest BCUT2D eigenvalue weighted by atomic mass is 35.5. The number of nitrogen functional groups attached to an aromatic ring is 1. The standard InChI is InChI=1S/C19H22ClN7O/c20-13-8-24-18-17(14(22)11-27(18)10-13)19(28)25-15-9-23-4-1-16(15)26-5-2-12(7-21)3-6-26/h1,4,8-12H,2-3,5-7,21-22H2,(H,25,28). The first-order chi connectivity index (χ1) is 13.6. The largest absolute Gasteiger partial charge is 0.397 e. The number of carbonyl (C=O) groups is 1. The number of carbonyl (C=O) groups excluding carboxylic acids is 1. The van der Waals surface area contributed by atoms with E-state index in [2.05, 4.69) is 20.2 Å². The zero-order valence-electron chi connectivity index (χ0n) is 15.3. The van der Waals surface area contributed by atoms with Crippen molar-refractivity contribution in [3.63, 3.8) is 0 Å². The maximum atomic E-state index is 13.0. The maximum Gasteiger partial charge on any atom is 0.261 e.